The minimum absolute atomic E-state index is 0.0761. The molecular weight excluding hydrogens is 565 g/mol. The Hall–Kier alpha value is -4.83. The van der Waals surface area contributed by atoms with Crippen molar-refractivity contribution in [3.05, 3.63) is 89.2 Å². The fourth-order valence-corrected chi connectivity index (χ4v) is 6.77. The molecule has 0 fully saturated rings. The molecule has 0 bridgehead atoms. The van der Waals surface area contributed by atoms with Gasteiger partial charge in [0.2, 0.25) is 5.91 Å². The van der Waals surface area contributed by atoms with E-state index in [9.17, 15) is 14.0 Å². The number of hydrogen-bond acceptors (Lipinski definition) is 6. The van der Waals surface area contributed by atoms with Crippen LogP contribution < -0.4 is 10.1 Å². The van der Waals surface area contributed by atoms with Crippen molar-refractivity contribution in [3.8, 4) is 39.5 Å². The Morgan fingerprint density at radius 3 is 2.77 bits per heavy atom. The van der Waals surface area contributed by atoms with Crippen LogP contribution in [0.25, 0.3) is 43.9 Å². The van der Waals surface area contributed by atoms with Gasteiger partial charge in [0.15, 0.2) is 0 Å². The third kappa shape index (κ3) is 4.67. The van der Waals surface area contributed by atoms with E-state index in [-0.39, 0.29) is 17.9 Å². The number of pyridine rings is 1. The lowest BCUT2D eigenvalue weighted by molar-refractivity contribution is -0.127. The molecule has 2 aliphatic rings. The molecule has 0 unspecified atom stereocenters. The highest BCUT2D eigenvalue weighted by Crippen LogP contribution is 2.46. The molecule has 2 amide bonds. The Labute approximate surface area is 251 Å². The fourth-order valence-electron chi connectivity index (χ4n) is 5.81. The van der Waals surface area contributed by atoms with Crippen LogP contribution >= 0.6 is 11.3 Å². The predicted octanol–water partition coefficient (Wildman–Crippen LogP) is 6.19. The maximum absolute atomic E-state index is 14.5. The molecule has 0 saturated heterocycles. The summed E-state index contributed by atoms with van der Waals surface area (Å²) >= 11 is 1.57. The van der Waals surface area contributed by atoms with Crippen molar-refractivity contribution in [2.45, 2.75) is 39.6 Å². The van der Waals surface area contributed by atoms with Crippen molar-refractivity contribution in [3.63, 3.8) is 0 Å². The van der Waals surface area contributed by atoms with Crippen molar-refractivity contribution in [2.24, 2.45) is 0 Å². The van der Waals surface area contributed by atoms with E-state index >= 15 is 0 Å². The third-order valence-corrected chi connectivity index (χ3v) is 8.70. The van der Waals surface area contributed by atoms with Gasteiger partial charge in [0.1, 0.15) is 23.0 Å². The topological polar surface area (TPSA) is 89.4 Å². The van der Waals surface area contributed by atoms with Gasteiger partial charge in [0.25, 0.3) is 5.91 Å². The van der Waals surface area contributed by atoms with Gasteiger partial charge in [-0.05, 0) is 67.3 Å². The second-order valence-electron chi connectivity index (χ2n) is 10.9. The number of ether oxygens (including phenoxy) is 1. The number of nitrogens with zero attached hydrogens (tertiary/aromatic N) is 4. The van der Waals surface area contributed by atoms with Crippen molar-refractivity contribution < 1.29 is 18.7 Å². The third-order valence-electron chi connectivity index (χ3n) is 7.77. The maximum atomic E-state index is 14.5. The molecule has 0 saturated carbocycles. The van der Waals surface area contributed by atoms with Gasteiger partial charge in [-0.1, -0.05) is 12.6 Å². The molecule has 0 aliphatic carbocycles. The van der Waals surface area contributed by atoms with Crippen molar-refractivity contribution >= 4 is 33.2 Å². The summed E-state index contributed by atoms with van der Waals surface area (Å²) in [7, 11) is 0. The second kappa shape index (κ2) is 10.5. The van der Waals surface area contributed by atoms with Crippen molar-refractivity contribution in [2.75, 3.05) is 6.54 Å². The average molecular weight is 594 g/mol. The molecule has 5 aromatic rings. The molecule has 216 valence electrons. The van der Waals surface area contributed by atoms with E-state index in [0.29, 0.717) is 48.9 Å². The second-order valence-corrected chi connectivity index (χ2v) is 11.8. The number of benzene rings is 2. The Bertz CT molecular complexity index is 1960. The monoisotopic (exact) mass is 593 g/mol. The molecule has 3 aromatic heterocycles. The van der Waals surface area contributed by atoms with E-state index in [1.54, 1.807) is 22.3 Å². The lowest BCUT2D eigenvalue weighted by Gasteiger charge is -2.26. The predicted molar refractivity (Wildman–Crippen MR) is 164 cm³/mol. The van der Waals surface area contributed by atoms with Crippen LogP contribution in [0.2, 0.25) is 0 Å². The number of amides is 2. The van der Waals surface area contributed by atoms with E-state index in [2.05, 4.69) is 11.9 Å². The van der Waals surface area contributed by atoms with E-state index in [1.165, 1.54) is 18.2 Å². The fraction of sp³-hybridized carbons (Fsp3) is 0.212. The average Bonchev–Trinajstić information content (AvgIpc) is 3.74. The van der Waals surface area contributed by atoms with E-state index < -0.39 is 5.82 Å². The largest absolute Gasteiger partial charge is 0.490 e. The molecule has 43 heavy (non-hydrogen) atoms. The molecular formula is C33H28FN5O3S. The van der Waals surface area contributed by atoms with Crippen LogP contribution in [0.15, 0.2) is 66.6 Å². The summed E-state index contributed by atoms with van der Waals surface area (Å²) < 4.78 is 23.5. The number of fused-ring (bicyclic) bond motifs is 3. The van der Waals surface area contributed by atoms with E-state index in [0.717, 1.165) is 43.7 Å². The molecule has 0 atom stereocenters. The number of hydrogen-bond donors (Lipinski definition) is 1. The number of rotatable bonds is 6. The number of aromatic nitrogens is 3. The van der Waals surface area contributed by atoms with E-state index in [4.69, 9.17) is 14.8 Å². The summed E-state index contributed by atoms with van der Waals surface area (Å²) in [5.41, 5.74) is 6.92. The van der Waals surface area contributed by atoms with E-state index in [1.807, 2.05) is 54.2 Å². The number of carbonyl (C=O) groups is 2. The summed E-state index contributed by atoms with van der Waals surface area (Å²) in [5, 5.41) is 10.8. The summed E-state index contributed by atoms with van der Waals surface area (Å²) in [4.78, 5) is 31.6. The minimum Gasteiger partial charge on any atom is -0.490 e. The number of carbonyl (C=O) groups excluding carboxylic acids is 2. The summed E-state index contributed by atoms with van der Waals surface area (Å²) in [6.07, 6.45) is 1.15. The van der Waals surface area contributed by atoms with Crippen LogP contribution in [0.1, 0.15) is 35.5 Å². The molecule has 2 aliphatic heterocycles. The maximum Gasteiger partial charge on any atom is 0.251 e. The first kappa shape index (κ1) is 27.0. The normalized spacial score (nSPS) is 14.1. The van der Waals surface area contributed by atoms with Gasteiger partial charge in [-0.2, -0.15) is 5.10 Å². The Balaban J connectivity index is 1.48. The molecule has 7 rings (SSSR count). The first-order valence-electron chi connectivity index (χ1n) is 14.1. The molecule has 10 heteroatoms. The Morgan fingerprint density at radius 2 is 1.95 bits per heavy atom. The van der Waals surface area contributed by atoms with Gasteiger partial charge in [0.05, 0.1) is 30.6 Å². The van der Waals surface area contributed by atoms with Crippen LogP contribution in [-0.2, 0) is 24.4 Å². The smallest absolute Gasteiger partial charge is 0.251 e. The Kier molecular flexibility index (Phi) is 6.58. The summed E-state index contributed by atoms with van der Waals surface area (Å²) in [6.45, 7) is 9.40. The van der Waals surface area contributed by atoms with Gasteiger partial charge in [0, 0.05) is 51.5 Å². The number of nitrogens with one attached hydrogen (secondary N) is 1. The first-order valence-corrected chi connectivity index (χ1v) is 15.0. The van der Waals surface area contributed by atoms with Gasteiger partial charge in [-0.25, -0.2) is 9.37 Å². The quantitative estimate of drug-likeness (QED) is 0.237. The lowest BCUT2D eigenvalue weighted by atomic mass is 9.96. The highest BCUT2D eigenvalue weighted by molar-refractivity contribution is 7.18. The molecule has 8 nitrogen and oxygen atoms in total. The minimum atomic E-state index is -0.390. The van der Waals surface area contributed by atoms with Gasteiger partial charge in [-0.15, -0.1) is 11.3 Å². The zero-order valence-electron chi connectivity index (χ0n) is 23.7. The zero-order valence-corrected chi connectivity index (χ0v) is 24.5. The van der Waals surface area contributed by atoms with Gasteiger partial charge < -0.3 is 15.0 Å². The first-order chi connectivity index (χ1) is 20.8. The summed E-state index contributed by atoms with van der Waals surface area (Å²) in [6, 6.07) is 14.4. The molecule has 1 N–H and O–H groups in total. The highest BCUT2D eigenvalue weighted by Gasteiger charge is 2.27. The van der Waals surface area contributed by atoms with Crippen molar-refractivity contribution in [1.29, 1.82) is 0 Å². The number of halogens is 1. The summed E-state index contributed by atoms with van der Waals surface area (Å²) in [5.74, 6) is -0.165. The standard InChI is InChI=1S/C33H28FN5O3S/c1-4-28(40)38-10-11-39-22(17-38)15-26(37-39)31-29(24-8-6-21(34)14-27(24)42-18(2)3)32-25(9-12-43-32)30(36-31)19-5-7-23-20(13-19)16-35-33(23)41/h4-9,12-15,18H,1,10-11,16-17H2,2-3H3,(H,35,41). The van der Waals surface area contributed by atoms with Crippen LogP contribution in [-0.4, -0.2) is 44.1 Å². The molecule has 2 aromatic carbocycles. The number of thiophene rings is 1. The molecule has 0 radical (unpaired) electrons. The van der Waals surface area contributed by atoms with Crippen molar-refractivity contribution in [1.82, 2.24) is 25.0 Å². The van der Waals surface area contributed by atoms with Crippen LogP contribution in [0.5, 0.6) is 5.75 Å². The van der Waals surface area contributed by atoms with Gasteiger partial charge >= 0.3 is 0 Å². The zero-order chi connectivity index (χ0) is 29.8. The molecule has 5 heterocycles. The lowest BCUT2D eigenvalue weighted by Crippen LogP contribution is -2.37. The van der Waals surface area contributed by atoms with Crippen LogP contribution in [0.4, 0.5) is 4.39 Å². The van der Waals surface area contributed by atoms with Crippen LogP contribution in [0.3, 0.4) is 0 Å². The van der Waals surface area contributed by atoms with Crippen LogP contribution in [0, 0.1) is 5.82 Å². The van der Waals surface area contributed by atoms with Gasteiger partial charge in [-0.3, -0.25) is 14.3 Å². The molecule has 0 spiro atoms. The highest BCUT2D eigenvalue weighted by atomic mass is 32.1. The SMILES string of the molecule is C=CC(=O)N1CCn2nc(-c3nc(-c4ccc5c(c4)CNC5=O)c4ccsc4c3-c3ccc(F)cc3OC(C)C)cc2C1. The Morgan fingerprint density at radius 1 is 1.12 bits per heavy atom.